The molecule has 6 nitrogen and oxygen atoms in total. The van der Waals surface area contributed by atoms with Gasteiger partial charge < -0.3 is 5.11 Å². The third-order valence-electron chi connectivity index (χ3n) is 5.07. The summed E-state index contributed by atoms with van der Waals surface area (Å²) in [6.45, 7) is 10.6. The monoisotopic (exact) mass is 354 g/mol. The summed E-state index contributed by atoms with van der Waals surface area (Å²) in [6, 6.07) is 1.41. The van der Waals surface area contributed by atoms with Gasteiger partial charge >= 0.3 is 5.97 Å². The van der Waals surface area contributed by atoms with Gasteiger partial charge in [-0.25, -0.2) is 8.42 Å². The van der Waals surface area contributed by atoms with Crippen molar-refractivity contribution in [3.05, 3.63) is 28.3 Å². The fraction of sp³-hybridized carbons (Fsp3) is 0.588. The molecule has 0 aliphatic carbocycles. The lowest BCUT2D eigenvalue weighted by molar-refractivity contribution is -0.143. The highest BCUT2D eigenvalue weighted by Crippen LogP contribution is 2.29. The molecule has 1 aromatic rings. The van der Waals surface area contributed by atoms with E-state index in [1.165, 1.54) is 4.31 Å². The number of piperazine rings is 1. The molecule has 0 spiro atoms. The highest BCUT2D eigenvalue weighted by Gasteiger charge is 2.33. The summed E-state index contributed by atoms with van der Waals surface area (Å²) in [7, 11) is -3.58. The van der Waals surface area contributed by atoms with Gasteiger partial charge in [0, 0.05) is 26.2 Å². The molecule has 0 aromatic heterocycles. The molecule has 134 valence electrons. The predicted octanol–water partition coefficient (Wildman–Crippen LogP) is 1.70. The molecule has 2 rings (SSSR count). The smallest absolute Gasteiger partial charge is 0.320 e. The lowest BCUT2D eigenvalue weighted by atomic mass is 10.0. The predicted molar refractivity (Wildman–Crippen MR) is 92.8 cm³/mol. The van der Waals surface area contributed by atoms with Gasteiger partial charge in [0.1, 0.15) is 6.04 Å². The maximum Gasteiger partial charge on any atom is 0.320 e. The second-order valence-corrected chi connectivity index (χ2v) is 8.42. The Kier molecular flexibility index (Phi) is 5.37. The van der Waals surface area contributed by atoms with E-state index in [4.69, 9.17) is 5.11 Å². The van der Waals surface area contributed by atoms with Crippen LogP contribution < -0.4 is 0 Å². The van der Waals surface area contributed by atoms with Crippen molar-refractivity contribution in [3.63, 3.8) is 0 Å². The van der Waals surface area contributed by atoms with Crippen molar-refractivity contribution in [3.8, 4) is 0 Å². The van der Waals surface area contributed by atoms with Crippen LogP contribution in [0.15, 0.2) is 11.0 Å². The average Bonchev–Trinajstić information content (AvgIpc) is 2.52. The van der Waals surface area contributed by atoms with Gasteiger partial charge in [-0.05, 0) is 56.9 Å². The van der Waals surface area contributed by atoms with Gasteiger partial charge in [-0.1, -0.05) is 6.07 Å². The van der Waals surface area contributed by atoms with Crippen molar-refractivity contribution in [1.29, 1.82) is 0 Å². The SMILES string of the molecule is Cc1cc(C)c(C)c(S(=O)(=O)N2CCN([C@@H](C)C(=O)O)CC2)c1C. The second-order valence-electron chi connectivity index (χ2n) is 6.54. The zero-order valence-electron chi connectivity index (χ0n) is 15.0. The van der Waals surface area contributed by atoms with Crippen LogP contribution in [-0.2, 0) is 14.8 Å². The Labute approximate surface area is 144 Å². The maximum absolute atomic E-state index is 13.1. The van der Waals surface area contributed by atoms with E-state index in [1.54, 1.807) is 11.8 Å². The quantitative estimate of drug-likeness (QED) is 0.890. The van der Waals surface area contributed by atoms with E-state index in [1.807, 2.05) is 33.8 Å². The summed E-state index contributed by atoms with van der Waals surface area (Å²) in [5.41, 5.74) is 3.52. The Morgan fingerprint density at radius 2 is 1.50 bits per heavy atom. The van der Waals surface area contributed by atoms with Gasteiger partial charge in [0.05, 0.1) is 4.90 Å². The molecule has 0 unspecified atom stereocenters. The minimum Gasteiger partial charge on any atom is -0.480 e. The molecule has 1 atom stereocenters. The summed E-state index contributed by atoms with van der Waals surface area (Å²) >= 11 is 0. The first kappa shape index (κ1) is 18.9. The van der Waals surface area contributed by atoms with Crippen molar-refractivity contribution in [2.45, 2.75) is 45.6 Å². The highest BCUT2D eigenvalue weighted by molar-refractivity contribution is 7.89. The van der Waals surface area contributed by atoms with Crippen LogP contribution in [0.5, 0.6) is 0 Å². The molecule has 1 fully saturated rings. The number of sulfonamides is 1. The van der Waals surface area contributed by atoms with E-state index in [0.29, 0.717) is 31.1 Å². The first-order valence-corrected chi connectivity index (χ1v) is 9.55. The van der Waals surface area contributed by atoms with Crippen LogP contribution in [-0.4, -0.2) is 60.9 Å². The first-order valence-electron chi connectivity index (χ1n) is 8.11. The Hall–Kier alpha value is -1.44. The number of hydrogen-bond donors (Lipinski definition) is 1. The summed E-state index contributed by atoms with van der Waals surface area (Å²) in [6.07, 6.45) is 0. The molecule has 1 aliphatic heterocycles. The number of carboxylic acids is 1. The van der Waals surface area contributed by atoms with Crippen LogP contribution >= 0.6 is 0 Å². The van der Waals surface area contributed by atoms with Crippen LogP contribution in [0.4, 0.5) is 0 Å². The molecule has 0 amide bonds. The topological polar surface area (TPSA) is 77.9 Å². The van der Waals surface area contributed by atoms with Crippen LogP contribution in [0.3, 0.4) is 0 Å². The van der Waals surface area contributed by atoms with Crippen LogP contribution in [0, 0.1) is 27.7 Å². The maximum atomic E-state index is 13.1. The molecule has 1 saturated heterocycles. The Balaban J connectivity index is 2.30. The Morgan fingerprint density at radius 3 is 1.92 bits per heavy atom. The molecule has 1 N–H and O–H groups in total. The van der Waals surface area contributed by atoms with E-state index in [2.05, 4.69) is 0 Å². The molecule has 0 radical (unpaired) electrons. The lowest BCUT2D eigenvalue weighted by Gasteiger charge is -2.36. The number of aliphatic carboxylic acids is 1. The van der Waals surface area contributed by atoms with Gasteiger partial charge in [-0.2, -0.15) is 4.31 Å². The second kappa shape index (κ2) is 6.82. The van der Waals surface area contributed by atoms with Gasteiger partial charge in [-0.15, -0.1) is 0 Å². The van der Waals surface area contributed by atoms with Crippen molar-refractivity contribution >= 4 is 16.0 Å². The number of nitrogens with zero attached hydrogens (tertiary/aromatic N) is 2. The van der Waals surface area contributed by atoms with Crippen molar-refractivity contribution in [2.24, 2.45) is 0 Å². The van der Waals surface area contributed by atoms with Crippen LogP contribution in [0.1, 0.15) is 29.2 Å². The molecule has 1 aromatic carbocycles. The first-order chi connectivity index (χ1) is 11.1. The van der Waals surface area contributed by atoms with Crippen molar-refractivity contribution < 1.29 is 18.3 Å². The summed E-state index contributed by atoms with van der Waals surface area (Å²) in [4.78, 5) is 13.3. The zero-order valence-corrected chi connectivity index (χ0v) is 15.8. The number of carbonyl (C=O) groups is 1. The highest BCUT2D eigenvalue weighted by atomic mass is 32.2. The number of rotatable bonds is 4. The van der Waals surface area contributed by atoms with E-state index in [-0.39, 0.29) is 0 Å². The van der Waals surface area contributed by atoms with Crippen LogP contribution in [0.2, 0.25) is 0 Å². The van der Waals surface area contributed by atoms with E-state index in [9.17, 15) is 13.2 Å². The Bertz CT molecular complexity index is 724. The largest absolute Gasteiger partial charge is 0.480 e. The molecule has 1 heterocycles. The summed E-state index contributed by atoms with van der Waals surface area (Å²) in [5.74, 6) is -0.882. The molecule has 24 heavy (non-hydrogen) atoms. The standard InChI is InChI=1S/C17H26N2O4S/c1-11-10-12(2)14(4)16(13(11)3)24(22,23)19-8-6-18(7-9-19)15(5)17(20)21/h10,15H,6-9H2,1-5H3,(H,20,21)/t15-/m0/s1. The summed E-state index contributed by atoms with van der Waals surface area (Å²) in [5, 5.41) is 9.10. The molecule has 0 saturated carbocycles. The minimum absolute atomic E-state index is 0.311. The molecular formula is C17H26N2O4S. The number of carboxylic acid groups (broad SMARTS) is 1. The zero-order chi connectivity index (χ0) is 18.2. The van der Waals surface area contributed by atoms with Gasteiger partial charge in [0.2, 0.25) is 10.0 Å². The lowest BCUT2D eigenvalue weighted by Crippen LogP contribution is -2.53. The number of hydrogen-bond acceptors (Lipinski definition) is 4. The normalized spacial score (nSPS) is 18.5. The summed E-state index contributed by atoms with van der Waals surface area (Å²) < 4.78 is 27.7. The van der Waals surface area contributed by atoms with Gasteiger partial charge in [-0.3, -0.25) is 9.69 Å². The van der Waals surface area contributed by atoms with Gasteiger partial charge in [0.25, 0.3) is 0 Å². The fourth-order valence-electron chi connectivity index (χ4n) is 3.18. The third-order valence-corrected chi connectivity index (χ3v) is 7.25. The average molecular weight is 354 g/mol. The minimum atomic E-state index is -3.58. The molecule has 1 aliphatic rings. The third kappa shape index (κ3) is 3.34. The fourth-order valence-corrected chi connectivity index (χ4v) is 5.18. The van der Waals surface area contributed by atoms with Gasteiger partial charge in [0.15, 0.2) is 0 Å². The van der Waals surface area contributed by atoms with Crippen molar-refractivity contribution in [2.75, 3.05) is 26.2 Å². The van der Waals surface area contributed by atoms with E-state index < -0.39 is 22.0 Å². The van der Waals surface area contributed by atoms with E-state index in [0.717, 1.165) is 22.3 Å². The number of benzene rings is 1. The van der Waals surface area contributed by atoms with Crippen molar-refractivity contribution in [1.82, 2.24) is 9.21 Å². The van der Waals surface area contributed by atoms with E-state index >= 15 is 0 Å². The molecule has 7 heteroatoms. The number of aryl methyl sites for hydroxylation is 2. The Morgan fingerprint density at radius 1 is 1.04 bits per heavy atom. The molecular weight excluding hydrogens is 328 g/mol. The van der Waals surface area contributed by atoms with Crippen LogP contribution in [0.25, 0.3) is 0 Å². The molecule has 0 bridgehead atoms.